The van der Waals surface area contributed by atoms with Gasteiger partial charge in [-0.1, -0.05) is 32.9 Å². The first kappa shape index (κ1) is 16.1. The maximum Gasteiger partial charge on any atom is 0.269 e. The summed E-state index contributed by atoms with van der Waals surface area (Å²) in [5, 5.41) is 13.5. The molecule has 0 fully saturated rings. The first-order chi connectivity index (χ1) is 9.12. The first-order valence-electron chi connectivity index (χ1n) is 6.43. The number of carbonyl (C=O) groups is 1. The minimum Gasteiger partial charge on any atom is -0.348 e. The third kappa shape index (κ3) is 4.03. The van der Waals surface area contributed by atoms with Gasteiger partial charge in [0.2, 0.25) is 5.91 Å². The highest BCUT2D eigenvalue weighted by Crippen LogP contribution is 2.21. The highest BCUT2D eigenvalue weighted by atomic mass is 16.6. The van der Waals surface area contributed by atoms with E-state index in [0.29, 0.717) is 5.56 Å². The lowest BCUT2D eigenvalue weighted by atomic mass is 9.86. The van der Waals surface area contributed by atoms with Crippen LogP contribution in [0.1, 0.15) is 39.3 Å². The van der Waals surface area contributed by atoms with E-state index < -0.39 is 11.0 Å². The van der Waals surface area contributed by atoms with Crippen molar-refractivity contribution in [2.75, 3.05) is 0 Å². The Labute approximate surface area is 118 Å². The Balaban J connectivity index is 2.81. The van der Waals surface area contributed by atoms with Gasteiger partial charge in [0, 0.05) is 12.1 Å². The molecule has 0 heterocycles. The zero-order valence-corrected chi connectivity index (χ0v) is 12.2. The molecule has 0 bridgehead atoms. The molecule has 0 aromatic heterocycles. The van der Waals surface area contributed by atoms with Crippen LogP contribution in [0.25, 0.3) is 0 Å². The van der Waals surface area contributed by atoms with E-state index in [1.807, 2.05) is 20.8 Å². The van der Waals surface area contributed by atoms with E-state index in [4.69, 9.17) is 5.73 Å². The summed E-state index contributed by atoms with van der Waals surface area (Å²) in [5.74, 6) is -0.267. The molecule has 0 saturated carbocycles. The zero-order valence-electron chi connectivity index (χ0n) is 12.2. The number of nitro groups is 1. The molecule has 1 rings (SSSR count). The van der Waals surface area contributed by atoms with Crippen LogP contribution in [-0.4, -0.2) is 16.9 Å². The molecule has 0 radical (unpaired) electrons. The molecule has 0 spiro atoms. The minimum absolute atomic E-state index is 0.00344. The molecule has 20 heavy (non-hydrogen) atoms. The summed E-state index contributed by atoms with van der Waals surface area (Å²) in [7, 11) is 0. The zero-order chi connectivity index (χ0) is 15.5. The van der Waals surface area contributed by atoms with Crippen LogP contribution < -0.4 is 11.1 Å². The average molecular weight is 279 g/mol. The Bertz CT molecular complexity index is 509. The van der Waals surface area contributed by atoms with Gasteiger partial charge in [-0.15, -0.1) is 0 Å². The number of nitro benzene ring substituents is 1. The Morgan fingerprint density at radius 2 is 2.00 bits per heavy atom. The fourth-order valence-corrected chi connectivity index (χ4v) is 1.69. The van der Waals surface area contributed by atoms with Crippen molar-refractivity contribution < 1.29 is 9.72 Å². The predicted octanol–water partition coefficient (Wildman–Crippen LogP) is 2.15. The molecular weight excluding hydrogens is 258 g/mol. The molecule has 6 nitrogen and oxygen atoms in total. The van der Waals surface area contributed by atoms with Crippen LogP contribution in [0.3, 0.4) is 0 Å². The lowest BCUT2D eigenvalue weighted by Crippen LogP contribution is -2.49. The van der Waals surface area contributed by atoms with Gasteiger partial charge in [-0.05, 0) is 17.9 Å². The van der Waals surface area contributed by atoms with Crippen LogP contribution in [0.15, 0.2) is 24.3 Å². The Morgan fingerprint density at radius 3 is 2.50 bits per heavy atom. The molecule has 0 aliphatic heterocycles. The van der Waals surface area contributed by atoms with Gasteiger partial charge in [0.15, 0.2) is 0 Å². The third-order valence-corrected chi connectivity index (χ3v) is 3.16. The number of nitrogens with one attached hydrogen (secondary N) is 1. The molecule has 1 unspecified atom stereocenters. The number of hydrogen-bond acceptors (Lipinski definition) is 4. The predicted molar refractivity (Wildman–Crippen MR) is 77.1 cm³/mol. The van der Waals surface area contributed by atoms with Gasteiger partial charge in [0.25, 0.3) is 5.69 Å². The van der Waals surface area contributed by atoms with Gasteiger partial charge in [-0.25, -0.2) is 0 Å². The van der Waals surface area contributed by atoms with Crippen LogP contribution in [0.5, 0.6) is 0 Å². The molecule has 2 atom stereocenters. The third-order valence-electron chi connectivity index (χ3n) is 3.16. The normalized spacial score (nSPS) is 14.4. The molecule has 0 aliphatic rings. The fraction of sp³-hybridized carbons (Fsp3) is 0.500. The summed E-state index contributed by atoms with van der Waals surface area (Å²) in [5.41, 5.74) is 6.22. The highest BCUT2D eigenvalue weighted by molar-refractivity contribution is 5.82. The lowest BCUT2D eigenvalue weighted by molar-refractivity contribution is -0.384. The monoisotopic (exact) mass is 279 g/mol. The van der Waals surface area contributed by atoms with Crippen molar-refractivity contribution in [3.8, 4) is 0 Å². The molecule has 0 saturated heterocycles. The molecule has 1 aromatic carbocycles. The van der Waals surface area contributed by atoms with Crippen LogP contribution in [-0.2, 0) is 4.79 Å². The smallest absolute Gasteiger partial charge is 0.269 e. The topological polar surface area (TPSA) is 98.3 Å². The van der Waals surface area contributed by atoms with Gasteiger partial charge in [-0.3, -0.25) is 14.9 Å². The van der Waals surface area contributed by atoms with E-state index in [2.05, 4.69) is 5.32 Å². The second kappa shape index (κ2) is 6.00. The van der Waals surface area contributed by atoms with Gasteiger partial charge >= 0.3 is 0 Å². The van der Waals surface area contributed by atoms with E-state index in [1.54, 1.807) is 19.1 Å². The molecule has 0 aliphatic carbocycles. The van der Waals surface area contributed by atoms with Crippen molar-refractivity contribution in [2.45, 2.75) is 39.8 Å². The van der Waals surface area contributed by atoms with E-state index in [9.17, 15) is 14.9 Å². The number of hydrogen-bond donors (Lipinski definition) is 2. The molecule has 3 N–H and O–H groups in total. The Kier molecular flexibility index (Phi) is 4.83. The SMILES string of the molecule is CC(NC(=O)[C@@H](N)C(C)(C)C)c1cccc([N+](=O)[O-])c1. The van der Waals surface area contributed by atoms with Crippen molar-refractivity contribution in [2.24, 2.45) is 11.1 Å². The minimum atomic E-state index is -0.636. The summed E-state index contributed by atoms with van der Waals surface area (Å²) in [6.07, 6.45) is 0. The number of benzene rings is 1. The summed E-state index contributed by atoms with van der Waals surface area (Å²) in [6.45, 7) is 7.42. The summed E-state index contributed by atoms with van der Waals surface area (Å²) < 4.78 is 0. The fourth-order valence-electron chi connectivity index (χ4n) is 1.69. The van der Waals surface area contributed by atoms with Gasteiger partial charge < -0.3 is 11.1 Å². The van der Waals surface area contributed by atoms with E-state index in [-0.39, 0.29) is 23.1 Å². The number of amides is 1. The summed E-state index contributed by atoms with van der Waals surface area (Å²) in [4.78, 5) is 22.3. The van der Waals surface area contributed by atoms with E-state index >= 15 is 0 Å². The van der Waals surface area contributed by atoms with Crippen LogP contribution in [0.4, 0.5) is 5.69 Å². The summed E-state index contributed by atoms with van der Waals surface area (Å²) >= 11 is 0. The van der Waals surface area contributed by atoms with E-state index in [0.717, 1.165) is 0 Å². The van der Waals surface area contributed by atoms with Gasteiger partial charge in [-0.2, -0.15) is 0 Å². The number of rotatable bonds is 4. The van der Waals surface area contributed by atoms with Crippen molar-refractivity contribution in [3.63, 3.8) is 0 Å². The highest BCUT2D eigenvalue weighted by Gasteiger charge is 2.28. The second-order valence-corrected chi connectivity index (χ2v) is 5.93. The van der Waals surface area contributed by atoms with Crippen molar-refractivity contribution in [1.82, 2.24) is 5.32 Å². The number of carbonyl (C=O) groups excluding carboxylic acids is 1. The Morgan fingerprint density at radius 1 is 1.40 bits per heavy atom. The molecule has 1 aromatic rings. The standard InChI is InChI=1S/C14H21N3O3/c1-9(16-13(18)12(15)14(2,3)4)10-6-5-7-11(8-10)17(19)20/h5-9,12H,15H2,1-4H3,(H,16,18)/t9?,12-/m1/s1. The van der Waals surface area contributed by atoms with Gasteiger partial charge in [0.05, 0.1) is 17.0 Å². The van der Waals surface area contributed by atoms with Crippen LogP contribution in [0.2, 0.25) is 0 Å². The largest absolute Gasteiger partial charge is 0.348 e. The molecule has 110 valence electrons. The lowest BCUT2D eigenvalue weighted by Gasteiger charge is -2.27. The second-order valence-electron chi connectivity index (χ2n) is 5.93. The maximum atomic E-state index is 12.0. The molecule has 1 amide bonds. The van der Waals surface area contributed by atoms with E-state index in [1.165, 1.54) is 12.1 Å². The Hall–Kier alpha value is -1.95. The van der Waals surface area contributed by atoms with Crippen molar-refractivity contribution in [1.29, 1.82) is 0 Å². The average Bonchev–Trinajstić information content (AvgIpc) is 2.36. The molecular formula is C14H21N3O3. The number of nitrogens with zero attached hydrogens (tertiary/aromatic N) is 1. The molecule has 6 heteroatoms. The first-order valence-corrected chi connectivity index (χ1v) is 6.43. The summed E-state index contributed by atoms with van der Waals surface area (Å²) in [6, 6.07) is 5.23. The van der Waals surface area contributed by atoms with Crippen LogP contribution in [0, 0.1) is 15.5 Å². The van der Waals surface area contributed by atoms with Gasteiger partial charge in [0.1, 0.15) is 0 Å². The van der Waals surface area contributed by atoms with Crippen molar-refractivity contribution in [3.05, 3.63) is 39.9 Å². The maximum absolute atomic E-state index is 12.0. The quantitative estimate of drug-likeness (QED) is 0.651. The van der Waals surface area contributed by atoms with Crippen molar-refractivity contribution >= 4 is 11.6 Å². The number of nitrogens with two attached hydrogens (primary N) is 1. The van der Waals surface area contributed by atoms with Crippen LogP contribution >= 0.6 is 0 Å². The number of non-ortho nitro benzene ring substituents is 1.